The number of rotatable bonds is 8. The first-order valence-corrected chi connectivity index (χ1v) is 12.4. The number of carbonyl (C=O) groups is 1. The summed E-state index contributed by atoms with van der Waals surface area (Å²) in [6.07, 6.45) is 7.87. The van der Waals surface area contributed by atoms with Gasteiger partial charge in [-0.15, -0.1) is 0 Å². The predicted octanol–water partition coefficient (Wildman–Crippen LogP) is 5.67. The zero-order chi connectivity index (χ0) is 22.5. The highest BCUT2D eigenvalue weighted by Gasteiger charge is 2.36. The van der Waals surface area contributed by atoms with Crippen LogP contribution in [0.3, 0.4) is 0 Å². The smallest absolute Gasteiger partial charge is 0.226 e. The number of hydrogen-bond donors (Lipinski definition) is 0. The van der Waals surface area contributed by atoms with Gasteiger partial charge in [-0.2, -0.15) is 0 Å². The van der Waals surface area contributed by atoms with E-state index >= 15 is 0 Å². The quantitative estimate of drug-likeness (QED) is 0.515. The largest absolute Gasteiger partial charge is 0.492 e. The van der Waals surface area contributed by atoms with E-state index in [0.717, 1.165) is 53.4 Å². The van der Waals surface area contributed by atoms with Crippen molar-refractivity contribution < 1.29 is 9.53 Å². The molecule has 0 N–H and O–H groups in total. The van der Waals surface area contributed by atoms with E-state index in [1.165, 1.54) is 32.1 Å². The molecule has 0 bridgehead atoms. The lowest BCUT2D eigenvalue weighted by Gasteiger charge is -2.31. The lowest BCUT2D eigenvalue weighted by Crippen LogP contribution is -2.39. The van der Waals surface area contributed by atoms with Crippen molar-refractivity contribution >= 4 is 17.5 Å². The van der Waals surface area contributed by atoms with Gasteiger partial charge in [-0.3, -0.25) is 4.79 Å². The van der Waals surface area contributed by atoms with Crippen molar-refractivity contribution in [2.45, 2.75) is 51.0 Å². The summed E-state index contributed by atoms with van der Waals surface area (Å²) in [4.78, 5) is 17.3. The van der Waals surface area contributed by atoms with Gasteiger partial charge in [0.1, 0.15) is 12.4 Å². The number of nitrogens with zero attached hydrogens (tertiary/aromatic N) is 2. The molecule has 2 fully saturated rings. The van der Waals surface area contributed by atoms with Gasteiger partial charge in [0.25, 0.3) is 0 Å². The molecular formula is C27H35ClN2O2. The van der Waals surface area contributed by atoms with Crippen molar-refractivity contribution in [3.8, 4) is 16.9 Å². The fourth-order valence-corrected chi connectivity index (χ4v) is 5.21. The number of amides is 1. The molecule has 1 unspecified atom stereocenters. The number of likely N-dealkylation sites (tertiary alicyclic amines) is 1. The summed E-state index contributed by atoms with van der Waals surface area (Å²) in [5.74, 6) is 1.28. The first kappa shape index (κ1) is 23.1. The summed E-state index contributed by atoms with van der Waals surface area (Å²) < 4.78 is 5.78. The van der Waals surface area contributed by atoms with Gasteiger partial charge in [0.15, 0.2) is 0 Å². The minimum Gasteiger partial charge on any atom is -0.492 e. The van der Waals surface area contributed by atoms with E-state index in [4.69, 9.17) is 16.3 Å². The lowest BCUT2D eigenvalue weighted by atomic mass is 9.93. The minimum absolute atomic E-state index is 0.0684. The number of hydrogen-bond acceptors (Lipinski definition) is 3. The Balaban J connectivity index is 1.36. The molecule has 1 saturated heterocycles. The maximum absolute atomic E-state index is 13.0. The van der Waals surface area contributed by atoms with Crippen LogP contribution in [-0.4, -0.2) is 55.5 Å². The van der Waals surface area contributed by atoms with Gasteiger partial charge in [-0.25, -0.2) is 0 Å². The molecule has 32 heavy (non-hydrogen) atoms. The van der Waals surface area contributed by atoms with E-state index in [0.29, 0.717) is 18.6 Å². The summed E-state index contributed by atoms with van der Waals surface area (Å²) >= 11 is 6.67. The third-order valence-electron chi connectivity index (χ3n) is 6.88. The van der Waals surface area contributed by atoms with Crippen LogP contribution in [0.25, 0.3) is 11.1 Å². The zero-order valence-corrected chi connectivity index (χ0v) is 20.1. The van der Waals surface area contributed by atoms with E-state index in [1.54, 1.807) is 0 Å². The Morgan fingerprint density at radius 1 is 1.00 bits per heavy atom. The SMILES string of the molecule is CN(C)CCOc1ccc(-c2ccc(CC3CCN(C4CCCCC4)C3=O)c(Cl)c2)cc1. The average Bonchev–Trinajstić information content (AvgIpc) is 3.16. The minimum atomic E-state index is 0.0684. The number of halogens is 1. The van der Waals surface area contributed by atoms with Crippen LogP contribution in [-0.2, 0) is 11.2 Å². The van der Waals surface area contributed by atoms with E-state index in [1.807, 2.05) is 32.3 Å². The molecule has 1 heterocycles. The maximum atomic E-state index is 13.0. The predicted molar refractivity (Wildman–Crippen MR) is 131 cm³/mol. The van der Waals surface area contributed by atoms with Gasteiger partial charge in [-0.1, -0.05) is 55.1 Å². The van der Waals surface area contributed by atoms with Gasteiger partial charge in [0, 0.05) is 30.1 Å². The molecule has 1 saturated carbocycles. The van der Waals surface area contributed by atoms with Crippen LogP contribution < -0.4 is 4.74 Å². The molecule has 1 atom stereocenters. The standard InChI is InChI=1S/C27H35ClN2O2/c1-29(2)16-17-32-25-12-10-20(11-13-25)21-8-9-22(26(28)19-21)18-23-14-15-30(27(23)31)24-6-4-3-5-7-24/h8-13,19,23-24H,3-7,14-18H2,1-2H3. The Labute approximate surface area is 197 Å². The normalized spacial score (nSPS) is 19.7. The van der Waals surface area contributed by atoms with Crippen molar-refractivity contribution in [1.29, 1.82) is 0 Å². The molecule has 5 heteroatoms. The Bertz CT molecular complexity index is 906. The summed E-state index contributed by atoms with van der Waals surface area (Å²) in [5, 5.41) is 0.748. The van der Waals surface area contributed by atoms with Gasteiger partial charge in [0.2, 0.25) is 5.91 Å². The molecule has 1 aliphatic heterocycles. The Hall–Kier alpha value is -2.04. The van der Waals surface area contributed by atoms with Crippen LogP contribution in [0.2, 0.25) is 5.02 Å². The second-order valence-corrected chi connectivity index (χ2v) is 9.90. The molecule has 4 rings (SSSR count). The number of likely N-dealkylation sites (N-methyl/N-ethyl adjacent to an activating group) is 1. The maximum Gasteiger partial charge on any atom is 0.226 e. The van der Waals surface area contributed by atoms with Crippen LogP contribution in [0, 0.1) is 5.92 Å². The molecule has 172 valence electrons. The Morgan fingerprint density at radius 3 is 2.41 bits per heavy atom. The van der Waals surface area contributed by atoms with Gasteiger partial charge < -0.3 is 14.5 Å². The highest BCUT2D eigenvalue weighted by atomic mass is 35.5. The van der Waals surface area contributed by atoms with Gasteiger partial charge in [-0.05, 0) is 74.7 Å². The monoisotopic (exact) mass is 454 g/mol. The van der Waals surface area contributed by atoms with E-state index < -0.39 is 0 Å². The molecule has 0 spiro atoms. The first-order chi connectivity index (χ1) is 15.5. The summed E-state index contributed by atoms with van der Waals surface area (Å²) in [7, 11) is 4.07. The Morgan fingerprint density at radius 2 is 1.72 bits per heavy atom. The molecule has 1 amide bonds. The fraction of sp³-hybridized carbons (Fsp3) is 0.519. The van der Waals surface area contributed by atoms with Crippen LogP contribution in [0.5, 0.6) is 5.75 Å². The molecule has 4 nitrogen and oxygen atoms in total. The number of benzene rings is 2. The highest BCUT2D eigenvalue weighted by Crippen LogP contribution is 2.33. The second-order valence-electron chi connectivity index (χ2n) is 9.50. The first-order valence-electron chi connectivity index (χ1n) is 12.0. The fourth-order valence-electron chi connectivity index (χ4n) is 4.96. The van der Waals surface area contributed by atoms with Crippen molar-refractivity contribution in [2.75, 3.05) is 33.8 Å². The third-order valence-corrected chi connectivity index (χ3v) is 7.23. The number of carbonyl (C=O) groups excluding carboxylic acids is 1. The van der Waals surface area contributed by atoms with Crippen molar-refractivity contribution in [3.05, 3.63) is 53.1 Å². The topological polar surface area (TPSA) is 32.8 Å². The molecule has 0 aromatic heterocycles. The van der Waals surface area contributed by atoms with Crippen LogP contribution >= 0.6 is 11.6 Å². The molecule has 2 aromatic rings. The molecule has 0 radical (unpaired) electrons. The summed E-state index contributed by atoms with van der Waals surface area (Å²) in [6, 6.07) is 14.8. The molecule has 1 aliphatic carbocycles. The third kappa shape index (κ3) is 5.65. The zero-order valence-electron chi connectivity index (χ0n) is 19.4. The van der Waals surface area contributed by atoms with Gasteiger partial charge in [0.05, 0.1) is 0 Å². The van der Waals surface area contributed by atoms with E-state index in [-0.39, 0.29) is 5.92 Å². The second kappa shape index (κ2) is 10.7. The van der Waals surface area contributed by atoms with E-state index in [2.05, 4.69) is 34.1 Å². The number of ether oxygens (including phenoxy) is 1. The van der Waals surface area contributed by atoms with Crippen LogP contribution in [0.1, 0.15) is 44.1 Å². The van der Waals surface area contributed by atoms with Gasteiger partial charge >= 0.3 is 0 Å². The van der Waals surface area contributed by atoms with Crippen molar-refractivity contribution in [1.82, 2.24) is 9.80 Å². The molecule has 2 aromatic carbocycles. The summed E-state index contributed by atoms with van der Waals surface area (Å²) in [6.45, 7) is 2.47. The van der Waals surface area contributed by atoms with Crippen LogP contribution in [0.4, 0.5) is 0 Å². The van der Waals surface area contributed by atoms with E-state index in [9.17, 15) is 4.79 Å². The van der Waals surface area contributed by atoms with Crippen molar-refractivity contribution in [2.24, 2.45) is 5.92 Å². The average molecular weight is 455 g/mol. The van der Waals surface area contributed by atoms with Crippen LogP contribution in [0.15, 0.2) is 42.5 Å². The Kier molecular flexibility index (Phi) is 7.75. The van der Waals surface area contributed by atoms with Crippen molar-refractivity contribution in [3.63, 3.8) is 0 Å². The summed E-state index contributed by atoms with van der Waals surface area (Å²) in [5.41, 5.74) is 3.27. The molecular weight excluding hydrogens is 420 g/mol. The highest BCUT2D eigenvalue weighted by molar-refractivity contribution is 6.31. The lowest BCUT2D eigenvalue weighted by molar-refractivity contribution is -0.133. The molecule has 2 aliphatic rings.